The van der Waals surface area contributed by atoms with Gasteiger partial charge in [-0.2, -0.15) is 5.26 Å². The summed E-state index contributed by atoms with van der Waals surface area (Å²) in [6.07, 6.45) is 3.51. The highest BCUT2D eigenvalue weighted by molar-refractivity contribution is 7.20. The molecule has 5 rings (SSSR count). The summed E-state index contributed by atoms with van der Waals surface area (Å²) in [7, 11) is 0. The Morgan fingerprint density at radius 2 is 2.23 bits per heavy atom. The topological polar surface area (TPSA) is 81.0 Å². The first kappa shape index (κ1) is 20.2. The van der Waals surface area contributed by atoms with Crippen LogP contribution in [0.15, 0.2) is 41.1 Å². The van der Waals surface area contributed by atoms with Crippen molar-refractivity contribution in [3.63, 3.8) is 0 Å². The quantitative estimate of drug-likeness (QED) is 0.610. The van der Waals surface area contributed by atoms with E-state index in [1.54, 1.807) is 22.8 Å². The molecule has 1 spiro atoms. The largest absolute Gasteiger partial charge is 0.369 e. The predicted molar refractivity (Wildman–Crippen MR) is 126 cm³/mol. The number of carbonyl (C=O) groups is 1. The third-order valence-corrected chi connectivity index (χ3v) is 8.06. The van der Waals surface area contributed by atoms with Crippen molar-refractivity contribution in [1.29, 1.82) is 5.26 Å². The number of amides is 1. The summed E-state index contributed by atoms with van der Waals surface area (Å²) in [5, 5.41) is 20.7. The number of thiazole rings is 1. The van der Waals surface area contributed by atoms with Crippen LogP contribution in [0.1, 0.15) is 35.3 Å². The Bertz CT molecular complexity index is 1130. The third-order valence-electron chi connectivity index (χ3n) is 6.18. The zero-order valence-corrected chi connectivity index (χ0v) is 18.7. The summed E-state index contributed by atoms with van der Waals surface area (Å²) in [5.74, 6) is -0.223. The number of thiophene rings is 1. The minimum atomic E-state index is -0.223. The van der Waals surface area contributed by atoms with Gasteiger partial charge >= 0.3 is 0 Å². The van der Waals surface area contributed by atoms with Crippen LogP contribution in [-0.2, 0) is 0 Å². The molecule has 0 aliphatic carbocycles. The molecule has 6 nitrogen and oxygen atoms in total. The van der Waals surface area contributed by atoms with E-state index in [2.05, 4.69) is 26.6 Å². The fraction of sp³-hybridized carbons (Fsp3) is 0.348. The van der Waals surface area contributed by atoms with Crippen molar-refractivity contribution >= 4 is 40.0 Å². The highest BCUT2D eigenvalue weighted by Gasteiger charge is 2.38. The van der Waals surface area contributed by atoms with E-state index in [9.17, 15) is 10.1 Å². The maximum Gasteiger partial charge on any atom is 0.275 e. The maximum absolute atomic E-state index is 13.0. The van der Waals surface area contributed by atoms with E-state index in [1.165, 1.54) is 24.2 Å². The molecule has 8 heteroatoms. The van der Waals surface area contributed by atoms with Crippen LogP contribution >= 0.6 is 22.7 Å². The molecule has 0 radical (unpaired) electrons. The van der Waals surface area contributed by atoms with Gasteiger partial charge in [0, 0.05) is 30.4 Å². The summed E-state index contributed by atoms with van der Waals surface area (Å²) in [4.78, 5) is 20.9. The van der Waals surface area contributed by atoms with Crippen LogP contribution in [0, 0.1) is 16.7 Å². The molecule has 4 heterocycles. The number of hydrogen-bond acceptors (Lipinski definition) is 7. The summed E-state index contributed by atoms with van der Waals surface area (Å²) < 4.78 is 0. The molecule has 2 saturated heterocycles. The molecule has 1 unspecified atom stereocenters. The zero-order valence-electron chi connectivity index (χ0n) is 17.1. The lowest BCUT2D eigenvalue weighted by Crippen LogP contribution is -2.44. The summed E-state index contributed by atoms with van der Waals surface area (Å²) in [5.41, 5.74) is 2.96. The van der Waals surface area contributed by atoms with Gasteiger partial charge in [-0.3, -0.25) is 4.79 Å². The van der Waals surface area contributed by atoms with E-state index in [0.717, 1.165) is 53.9 Å². The average Bonchev–Trinajstić information content (AvgIpc) is 3.56. The van der Waals surface area contributed by atoms with E-state index < -0.39 is 0 Å². The molecular weight excluding hydrogens is 426 g/mol. The van der Waals surface area contributed by atoms with Crippen LogP contribution in [0.4, 0.5) is 11.4 Å². The molecule has 2 fully saturated rings. The Kier molecular flexibility index (Phi) is 5.48. The van der Waals surface area contributed by atoms with Gasteiger partial charge in [0.2, 0.25) is 0 Å². The number of nitrogens with zero attached hydrogens (tertiary/aromatic N) is 3. The molecule has 1 atom stereocenters. The van der Waals surface area contributed by atoms with Crippen molar-refractivity contribution in [2.24, 2.45) is 5.41 Å². The molecule has 1 aromatic carbocycles. The van der Waals surface area contributed by atoms with E-state index in [1.807, 2.05) is 29.6 Å². The van der Waals surface area contributed by atoms with Gasteiger partial charge in [0.15, 0.2) is 0 Å². The minimum absolute atomic E-state index is 0.223. The normalized spacial score (nSPS) is 20.7. The molecule has 2 aliphatic heterocycles. The highest BCUT2D eigenvalue weighted by atomic mass is 32.1. The fourth-order valence-electron chi connectivity index (χ4n) is 4.60. The third kappa shape index (κ3) is 4.09. The Morgan fingerprint density at radius 3 is 3.00 bits per heavy atom. The van der Waals surface area contributed by atoms with Crippen molar-refractivity contribution in [2.75, 3.05) is 36.4 Å². The van der Waals surface area contributed by atoms with Gasteiger partial charge < -0.3 is 15.5 Å². The molecule has 0 saturated carbocycles. The van der Waals surface area contributed by atoms with E-state index in [0.29, 0.717) is 11.3 Å². The molecule has 2 N–H and O–H groups in total. The van der Waals surface area contributed by atoms with Gasteiger partial charge in [0.25, 0.3) is 5.91 Å². The second-order valence-corrected chi connectivity index (χ2v) is 10.1. The monoisotopic (exact) mass is 449 g/mol. The van der Waals surface area contributed by atoms with Gasteiger partial charge in [-0.25, -0.2) is 4.98 Å². The smallest absolute Gasteiger partial charge is 0.275 e. The number of anilines is 2. The van der Waals surface area contributed by atoms with Crippen LogP contribution in [-0.4, -0.2) is 37.1 Å². The second-order valence-electron chi connectivity index (χ2n) is 8.26. The molecule has 1 amide bonds. The lowest BCUT2D eigenvalue weighted by atomic mass is 9.79. The summed E-state index contributed by atoms with van der Waals surface area (Å²) in [6.45, 7) is 3.97. The first-order chi connectivity index (χ1) is 15.2. The summed E-state index contributed by atoms with van der Waals surface area (Å²) >= 11 is 3.09. The Hall–Kier alpha value is -2.73. The van der Waals surface area contributed by atoms with Gasteiger partial charge in [0.1, 0.15) is 10.7 Å². The lowest BCUT2D eigenvalue weighted by Gasteiger charge is -2.42. The zero-order chi connectivity index (χ0) is 21.3. The molecule has 0 bridgehead atoms. The van der Waals surface area contributed by atoms with Crippen LogP contribution in [0.2, 0.25) is 0 Å². The number of piperidine rings is 1. The number of nitriles is 1. The lowest BCUT2D eigenvalue weighted by molar-refractivity contribution is 0.102. The maximum atomic E-state index is 13.0. The number of nitrogens with one attached hydrogen (secondary N) is 2. The van der Waals surface area contributed by atoms with Crippen molar-refractivity contribution in [1.82, 2.24) is 10.3 Å². The molecule has 158 valence electrons. The Morgan fingerprint density at radius 1 is 1.29 bits per heavy atom. The molecule has 31 heavy (non-hydrogen) atoms. The van der Waals surface area contributed by atoms with Gasteiger partial charge in [-0.05, 0) is 55.5 Å². The van der Waals surface area contributed by atoms with Crippen molar-refractivity contribution in [3.05, 3.63) is 52.3 Å². The van der Waals surface area contributed by atoms with E-state index >= 15 is 0 Å². The standard InChI is InChI=1S/C23H23N5OS2/c24-12-16-4-5-17(19(11-16)28-9-2-6-23(15-28)7-8-25-14-23)26-21(29)18-13-31-22(27-18)20-3-1-10-30-20/h1,3-5,10-11,13,25H,2,6-9,14-15H2,(H,26,29). The highest BCUT2D eigenvalue weighted by Crippen LogP contribution is 2.39. The first-order valence-corrected chi connectivity index (χ1v) is 12.2. The Labute approximate surface area is 189 Å². The second kappa shape index (κ2) is 8.42. The predicted octanol–water partition coefficient (Wildman–Crippen LogP) is 4.58. The van der Waals surface area contributed by atoms with Crippen LogP contribution in [0.5, 0.6) is 0 Å². The molecule has 2 aliphatic rings. The van der Waals surface area contributed by atoms with Gasteiger partial charge in [-0.15, -0.1) is 22.7 Å². The van der Waals surface area contributed by atoms with E-state index in [-0.39, 0.29) is 11.3 Å². The number of carbonyl (C=O) groups excluding carboxylic acids is 1. The molecule has 3 aromatic rings. The number of hydrogen-bond donors (Lipinski definition) is 2. The van der Waals surface area contributed by atoms with E-state index in [4.69, 9.17) is 0 Å². The SMILES string of the molecule is N#Cc1ccc(NC(=O)c2csc(-c3cccs3)n2)c(N2CCCC3(CCNC3)C2)c1. The fourth-order valence-corrected chi connectivity index (χ4v) is 6.22. The van der Waals surface area contributed by atoms with Gasteiger partial charge in [0.05, 0.1) is 27.9 Å². The number of rotatable bonds is 4. The Balaban J connectivity index is 1.40. The van der Waals surface area contributed by atoms with Gasteiger partial charge in [-0.1, -0.05) is 6.07 Å². The van der Waals surface area contributed by atoms with Crippen LogP contribution < -0.4 is 15.5 Å². The number of aromatic nitrogens is 1. The average molecular weight is 450 g/mol. The summed E-state index contributed by atoms with van der Waals surface area (Å²) in [6, 6.07) is 11.7. The molecular formula is C23H23N5OS2. The van der Waals surface area contributed by atoms with Crippen molar-refractivity contribution < 1.29 is 4.79 Å². The van der Waals surface area contributed by atoms with Crippen molar-refractivity contribution in [3.8, 4) is 16.0 Å². The van der Waals surface area contributed by atoms with Crippen LogP contribution in [0.3, 0.4) is 0 Å². The molecule has 2 aromatic heterocycles. The first-order valence-electron chi connectivity index (χ1n) is 10.5. The number of benzene rings is 1. The van der Waals surface area contributed by atoms with Crippen molar-refractivity contribution in [2.45, 2.75) is 19.3 Å². The minimum Gasteiger partial charge on any atom is -0.369 e. The van der Waals surface area contributed by atoms with Crippen LogP contribution in [0.25, 0.3) is 9.88 Å².